The van der Waals surface area contributed by atoms with E-state index in [2.05, 4.69) is 0 Å². The van der Waals surface area contributed by atoms with Gasteiger partial charge in [-0.05, 0) is 0 Å². The molecule has 0 aromatic heterocycles. The quantitative estimate of drug-likeness (QED) is 0.208. The minimum atomic E-state index is -1.62. The first kappa shape index (κ1) is 22.0. The zero-order valence-electron chi connectivity index (χ0n) is 11.2. The van der Waals surface area contributed by atoms with Crippen LogP contribution in [0.5, 0.6) is 0 Å². The van der Waals surface area contributed by atoms with Crippen LogP contribution in [0.3, 0.4) is 0 Å². The molecule has 0 saturated carbocycles. The summed E-state index contributed by atoms with van der Waals surface area (Å²) in [5.41, 5.74) is 0. The molecule has 2 atom stereocenters. The van der Waals surface area contributed by atoms with Gasteiger partial charge in [-0.3, -0.25) is 0 Å². The van der Waals surface area contributed by atoms with Gasteiger partial charge in [-0.2, -0.15) is 0 Å². The van der Waals surface area contributed by atoms with Crippen molar-refractivity contribution in [2.45, 2.75) is 36.3 Å². The van der Waals surface area contributed by atoms with E-state index < -0.39 is 22.2 Å². The van der Waals surface area contributed by atoms with Crippen molar-refractivity contribution in [2.75, 3.05) is 23.0 Å². The molecule has 0 aliphatic carbocycles. The van der Waals surface area contributed by atoms with Crippen LogP contribution in [-0.4, -0.2) is 68.2 Å². The van der Waals surface area contributed by atoms with Crippen LogP contribution in [0.25, 0.3) is 0 Å². The van der Waals surface area contributed by atoms with Crippen molar-refractivity contribution in [1.82, 2.24) is 0 Å². The molecule has 0 aliphatic rings. The number of hydrogen-bond acceptors (Lipinski definition) is 4. The van der Waals surface area contributed by atoms with Crippen LogP contribution in [0.15, 0.2) is 0 Å². The fraction of sp³-hybridized carbons (Fsp3) is 1.00. The molecule has 2 unspecified atom stereocenters. The molecule has 0 amide bonds. The summed E-state index contributed by atoms with van der Waals surface area (Å²) < 4.78 is 38.0. The molecule has 0 radical (unpaired) electrons. The second-order valence-corrected chi connectivity index (χ2v) is 15.3. The fourth-order valence-electron chi connectivity index (χ4n) is 1.08. The van der Waals surface area contributed by atoms with E-state index >= 15 is 0 Å². The second kappa shape index (κ2) is 17.3. The summed E-state index contributed by atoms with van der Waals surface area (Å²) in [7, 11) is 4.00. The van der Waals surface area contributed by atoms with E-state index in [-0.39, 0.29) is 0 Å². The molecule has 0 aromatic rings. The first-order valence-corrected chi connectivity index (χ1v) is 17.3. The van der Waals surface area contributed by atoms with Gasteiger partial charge in [-0.25, -0.2) is 0 Å². The van der Waals surface area contributed by atoms with Crippen molar-refractivity contribution >= 4 is 70.2 Å². The molecule has 0 bridgehead atoms. The Hall–Kier alpha value is 1.96. The monoisotopic (exact) mass is 494 g/mol. The van der Waals surface area contributed by atoms with Gasteiger partial charge in [0.15, 0.2) is 0 Å². The van der Waals surface area contributed by atoms with Gasteiger partial charge < -0.3 is 0 Å². The zero-order chi connectivity index (χ0) is 15.1. The molecule has 0 spiro atoms. The average Bonchev–Trinajstić information content (AvgIpc) is 2.38. The normalized spacial score (nSPS) is 14.3. The Labute approximate surface area is 146 Å². The van der Waals surface area contributed by atoms with Crippen molar-refractivity contribution in [1.29, 1.82) is 0 Å². The van der Waals surface area contributed by atoms with Gasteiger partial charge in [0.2, 0.25) is 0 Å². The third-order valence-electron chi connectivity index (χ3n) is 2.01. The molecular weight excluding hydrogens is 470 g/mol. The molecule has 0 saturated heterocycles. The summed E-state index contributed by atoms with van der Waals surface area (Å²) in [4.78, 5) is 0. The van der Waals surface area contributed by atoms with E-state index in [0.717, 1.165) is 37.2 Å². The standard InChI is InChI=1S/C10H22O4S4Se2/c11-17(12)7-3-1-5-15-19-9-10-20-16-6-2-4-8-18(13)14/h1-10H2,(H,11,12)(H,13,14). The summed E-state index contributed by atoms with van der Waals surface area (Å²) in [6, 6.07) is 0. The Morgan fingerprint density at radius 1 is 0.750 bits per heavy atom. The SMILES string of the molecule is O=S(O)CCCCS[Se]CC[Se]SCCCCS(=O)O. The number of rotatable bonds is 15. The van der Waals surface area contributed by atoms with Crippen LogP contribution in [0.1, 0.15) is 25.7 Å². The van der Waals surface area contributed by atoms with Gasteiger partial charge in [0.1, 0.15) is 0 Å². The second-order valence-electron chi connectivity index (χ2n) is 3.75. The first-order valence-electron chi connectivity index (χ1n) is 6.26. The Morgan fingerprint density at radius 2 is 1.15 bits per heavy atom. The van der Waals surface area contributed by atoms with Crippen LogP contribution < -0.4 is 0 Å². The van der Waals surface area contributed by atoms with Crippen LogP contribution in [-0.2, 0) is 22.2 Å². The maximum absolute atomic E-state index is 10.4. The molecule has 0 aliphatic heterocycles. The van der Waals surface area contributed by atoms with Crippen molar-refractivity contribution in [3.05, 3.63) is 0 Å². The van der Waals surface area contributed by atoms with E-state index in [9.17, 15) is 8.42 Å². The molecule has 4 nitrogen and oxygen atoms in total. The minimum absolute atomic E-state index is 0.414. The van der Waals surface area contributed by atoms with Gasteiger partial charge in [-0.1, -0.05) is 0 Å². The summed E-state index contributed by atoms with van der Waals surface area (Å²) in [5.74, 6) is 3.07. The molecule has 10 heteroatoms. The Balaban J connectivity index is 2.99. The van der Waals surface area contributed by atoms with Crippen molar-refractivity contribution < 1.29 is 17.5 Å². The van der Waals surface area contributed by atoms with Crippen LogP contribution in [0.2, 0.25) is 10.6 Å². The summed E-state index contributed by atoms with van der Waals surface area (Å²) in [6.07, 6.45) is 3.80. The Kier molecular flexibility index (Phi) is 19.0. The van der Waals surface area contributed by atoms with E-state index in [0.29, 0.717) is 39.2 Å². The van der Waals surface area contributed by atoms with Gasteiger partial charge in [0.25, 0.3) is 0 Å². The number of hydrogen-bond donors (Lipinski definition) is 2. The third-order valence-corrected chi connectivity index (χ3v) is 13.3. The van der Waals surface area contributed by atoms with E-state index in [1.807, 2.05) is 20.4 Å². The maximum atomic E-state index is 10.4. The predicted molar refractivity (Wildman–Crippen MR) is 95.8 cm³/mol. The van der Waals surface area contributed by atoms with Crippen molar-refractivity contribution in [3.63, 3.8) is 0 Å². The van der Waals surface area contributed by atoms with Crippen LogP contribution >= 0.6 is 20.4 Å². The number of unbranched alkanes of at least 4 members (excludes halogenated alkanes) is 2. The van der Waals surface area contributed by atoms with Gasteiger partial charge >= 0.3 is 147 Å². The van der Waals surface area contributed by atoms with Gasteiger partial charge in [0, 0.05) is 0 Å². The summed E-state index contributed by atoms with van der Waals surface area (Å²) in [5, 5.41) is 2.63. The van der Waals surface area contributed by atoms with E-state index in [1.54, 1.807) is 0 Å². The molecule has 0 heterocycles. The molecular formula is C10H22O4S4Se2. The molecule has 2 N–H and O–H groups in total. The molecule has 0 rings (SSSR count). The fourth-order valence-corrected chi connectivity index (χ4v) is 13.0. The van der Waals surface area contributed by atoms with Gasteiger partial charge in [-0.15, -0.1) is 0 Å². The van der Waals surface area contributed by atoms with E-state index in [1.165, 1.54) is 10.6 Å². The van der Waals surface area contributed by atoms with Crippen LogP contribution in [0, 0.1) is 0 Å². The van der Waals surface area contributed by atoms with Gasteiger partial charge in [0.05, 0.1) is 0 Å². The average molecular weight is 492 g/mol. The topological polar surface area (TPSA) is 74.6 Å². The molecule has 0 aromatic carbocycles. The predicted octanol–water partition coefficient (Wildman–Crippen LogP) is 2.53. The Morgan fingerprint density at radius 3 is 1.50 bits per heavy atom. The molecule has 0 fully saturated rings. The zero-order valence-corrected chi connectivity index (χ0v) is 17.9. The molecule has 122 valence electrons. The summed E-state index contributed by atoms with van der Waals surface area (Å²) >= 11 is -1.92. The first-order chi connectivity index (χ1) is 9.63. The van der Waals surface area contributed by atoms with Crippen molar-refractivity contribution in [3.8, 4) is 0 Å². The van der Waals surface area contributed by atoms with Crippen molar-refractivity contribution in [2.24, 2.45) is 0 Å². The third kappa shape index (κ3) is 20.0. The molecule has 20 heavy (non-hydrogen) atoms. The Bertz CT molecular complexity index is 246. The summed E-state index contributed by atoms with van der Waals surface area (Å²) in [6.45, 7) is 0. The van der Waals surface area contributed by atoms with E-state index in [4.69, 9.17) is 9.11 Å². The van der Waals surface area contributed by atoms with Crippen LogP contribution in [0.4, 0.5) is 0 Å².